The quantitative estimate of drug-likeness (QED) is 0.634. The zero-order valence-electron chi connectivity index (χ0n) is 14.6. The highest BCUT2D eigenvalue weighted by molar-refractivity contribution is 5.96. The van der Waals surface area contributed by atoms with Crippen LogP contribution in [0.5, 0.6) is 5.75 Å². The zero-order valence-corrected chi connectivity index (χ0v) is 14.6. The molecule has 26 heavy (non-hydrogen) atoms. The van der Waals surface area contributed by atoms with E-state index in [2.05, 4.69) is 0 Å². The van der Waals surface area contributed by atoms with Crippen LogP contribution in [0.25, 0.3) is 5.57 Å². The van der Waals surface area contributed by atoms with Crippen molar-refractivity contribution in [2.75, 3.05) is 0 Å². The molecule has 0 aliphatic rings. The summed E-state index contributed by atoms with van der Waals surface area (Å²) in [7, 11) is 0. The lowest BCUT2D eigenvalue weighted by atomic mass is 9.95. The summed E-state index contributed by atoms with van der Waals surface area (Å²) < 4.78 is 6.03. The van der Waals surface area contributed by atoms with E-state index in [-0.39, 0.29) is 0 Å². The van der Waals surface area contributed by atoms with Gasteiger partial charge in [0.25, 0.3) is 0 Å². The van der Waals surface area contributed by atoms with E-state index in [1.54, 1.807) is 0 Å². The first-order chi connectivity index (χ1) is 12.6. The Morgan fingerprint density at radius 2 is 1.62 bits per heavy atom. The number of rotatable bonds is 6. The van der Waals surface area contributed by atoms with Gasteiger partial charge >= 0.3 is 5.97 Å². The van der Waals surface area contributed by atoms with Crippen molar-refractivity contribution in [3.8, 4) is 5.75 Å². The van der Waals surface area contributed by atoms with Crippen molar-refractivity contribution >= 4 is 11.5 Å². The van der Waals surface area contributed by atoms with E-state index in [0.717, 1.165) is 22.3 Å². The van der Waals surface area contributed by atoms with Gasteiger partial charge in [-0.2, -0.15) is 0 Å². The molecule has 3 rings (SSSR count). The Bertz CT molecular complexity index is 913. The lowest BCUT2D eigenvalue weighted by molar-refractivity contribution is -0.131. The Kier molecular flexibility index (Phi) is 5.49. The number of carboxylic acid groups (broad SMARTS) is 1. The van der Waals surface area contributed by atoms with Crippen LogP contribution < -0.4 is 4.74 Å². The van der Waals surface area contributed by atoms with Crippen LogP contribution in [0.3, 0.4) is 0 Å². The molecule has 0 aliphatic carbocycles. The molecule has 0 unspecified atom stereocenters. The van der Waals surface area contributed by atoms with Gasteiger partial charge in [0, 0.05) is 11.6 Å². The maximum absolute atomic E-state index is 11.4. The summed E-state index contributed by atoms with van der Waals surface area (Å²) in [4.78, 5) is 11.4. The van der Waals surface area contributed by atoms with E-state index in [9.17, 15) is 9.90 Å². The molecule has 0 spiro atoms. The third kappa shape index (κ3) is 4.39. The minimum atomic E-state index is -0.987. The fraction of sp³-hybridized carbons (Fsp3) is 0.0870. The van der Waals surface area contributed by atoms with Crippen LogP contribution in [0.4, 0.5) is 0 Å². The van der Waals surface area contributed by atoms with Gasteiger partial charge in [-0.3, -0.25) is 0 Å². The third-order valence-corrected chi connectivity index (χ3v) is 4.02. The molecule has 0 amide bonds. The number of aryl methyl sites for hydroxylation is 1. The summed E-state index contributed by atoms with van der Waals surface area (Å²) in [5.41, 5.74) is 4.34. The second kappa shape index (κ2) is 8.17. The second-order valence-corrected chi connectivity index (χ2v) is 6.04. The number of carbonyl (C=O) groups is 1. The van der Waals surface area contributed by atoms with Gasteiger partial charge in [-0.05, 0) is 35.8 Å². The molecule has 130 valence electrons. The maximum atomic E-state index is 11.4. The number of ether oxygens (including phenoxy) is 1. The van der Waals surface area contributed by atoms with Gasteiger partial charge < -0.3 is 9.84 Å². The van der Waals surface area contributed by atoms with Crippen LogP contribution in [0.15, 0.2) is 84.9 Å². The van der Waals surface area contributed by atoms with Crippen molar-refractivity contribution in [1.82, 2.24) is 0 Å². The number of carboxylic acids is 1. The average Bonchev–Trinajstić information content (AvgIpc) is 2.66. The fourth-order valence-electron chi connectivity index (χ4n) is 2.77. The number of hydrogen-bond acceptors (Lipinski definition) is 2. The fourth-order valence-corrected chi connectivity index (χ4v) is 2.77. The summed E-state index contributed by atoms with van der Waals surface area (Å²) in [6.07, 6.45) is 1.24. The Balaban J connectivity index is 2.01. The van der Waals surface area contributed by atoms with E-state index in [0.29, 0.717) is 17.9 Å². The molecule has 3 aromatic rings. The largest absolute Gasteiger partial charge is 0.488 e. The first-order valence-corrected chi connectivity index (χ1v) is 8.41. The summed E-state index contributed by atoms with van der Waals surface area (Å²) in [6.45, 7) is 2.40. The smallest absolute Gasteiger partial charge is 0.328 e. The van der Waals surface area contributed by atoms with E-state index in [1.807, 2.05) is 85.8 Å². The van der Waals surface area contributed by atoms with Gasteiger partial charge in [-0.15, -0.1) is 0 Å². The molecule has 3 heteroatoms. The summed E-state index contributed by atoms with van der Waals surface area (Å²) in [6, 6.07) is 25.2. The van der Waals surface area contributed by atoms with E-state index >= 15 is 0 Å². The Labute approximate surface area is 153 Å². The molecule has 0 saturated carbocycles. The Morgan fingerprint density at radius 1 is 0.962 bits per heavy atom. The monoisotopic (exact) mass is 344 g/mol. The highest BCUT2D eigenvalue weighted by atomic mass is 16.5. The predicted octanol–water partition coefficient (Wildman–Crippen LogP) is 5.09. The van der Waals surface area contributed by atoms with Crippen LogP contribution in [-0.4, -0.2) is 11.1 Å². The topological polar surface area (TPSA) is 46.5 Å². The van der Waals surface area contributed by atoms with Crippen LogP contribution in [0, 0.1) is 6.92 Å². The number of benzene rings is 3. The highest BCUT2D eigenvalue weighted by Crippen LogP contribution is 2.32. The van der Waals surface area contributed by atoms with Gasteiger partial charge in [0.2, 0.25) is 0 Å². The molecule has 0 aromatic heterocycles. The van der Waals surface area contributed by atoms with E-state index < -0.39 is 5.97 Å². The molecule has 1 N–H and O–H groups in total. The SMILES string of the molecule is Cc1ccc(OCc2ccccc2)c(C(=CC(=O)O)c2ccccc2)c1. The summed E-state index contributed by atoms with van der Waals surface area (Å²) in [5, 5.41) is 9.36. The minimum absolute atomic E-state index is 0.423. The average molecular weight is 344 g/mol. The van der Waals surface area contributed by atoms with Crippen molar-refractivity contribution in [3.63, 3.8) is 0 Å². The molecule has 3 nitrogen and oxygen atoms in total. The van der Waals surface area contributed by atoms with Crippen LogP contribution in [0.2, 0.25) is 0 Å². The first-order valence-electron chi connectivity index (χ1n) is 8.41. The van der Waals surface area contributed by atoms with Gasteiger partial charge in [0.15, 0.2) is 0 Å². The van der Waals surface area contributed by atoms with E-state index in [1.165, 1.54) is 6.08 Å². The van der Waals surface area contributed by atoms with Gasteiger partial charge in [0.1, 0.15) is 12.4 Å². The van der Waals surface area contributed by atoms with Crippen LogP contribution in [-0.2, 0) is 11.4 Å². The molecule has 0 radical (unpaired) electrons. The maximum Gasteiger partial charge on any atom is 0.328 e. The zero-order chi connectivity index (χ0) is 18.4. The molecular formula is C23H20O3. The standard InChI is InChI=1S/C23H20O3/c1-17-12-13-22(26-16-18-8-4-2-5-9-18)21(14-17)20(15-23(24)25)19-10-6-3-7-11-19/h2-15H,16H2,1H3,(H,24,25). The summed E-state index contributed by atoms with van der Waals surface area (Å²) >= 11 is 0. The van der Waals surface area contributed by atoms with E-state index in [4.69, 9.17) is 4.74 Å². The van der Waals surface area contributed by atoms with Crippen molar-refractivity contribution in [2.24, 2.45) is 0 Å². The molecule has 0 aliphatic heterocycles. The Morgan fingerprint density at radius 3 is 2.27 bits per heavy atom. The van der Waals surface area contributed by atoms with Gasteiger partial charge in [-0.25, -0.2) is 4.79 Å². The van der Waals surface area contributed by atoms with Crippen molar-refractivity contribution in [3.05, 3.63) is 107 Å². The van der Waals surface area contributed by atoms with Crippen LogP contribution in [0.1, 0.15) is 22.3 Å². The Hall–Kier alpha value is -3.33. The lowest BCUT2D eigenvalue weighted by Crippen LogP contribution is -2.01. The van der Waals surface area contributed by atoms with Crippen LogP contribution >= 0.6 is 0 Å². The predicted molar refractivity (Wildman–Crippen MR) is 103 cm³/mol. The second-order valence-electron chi connectivity index (χ2n) is 6.04. The van der Waals surface area contributed by atoms with Crippen molar-refractivity contribution in [1.29, 1.82) is 0 Å². The first kappa shape index (κ1) is 17.5. The molecular weight excluding hydrogens is 324 g/mol. The molecule has 3 aromatic carbocycles. The van der Waals surface area contributed by atoms with Crippen molar-refractivity contribution in [2.45, 2.75) is 13.5 Å². The summed E-state index contributed by atoms with van der Waals surface area (Å²) in [5.74, 6) is -0.324. The molecule has 0 atom stereocenters. The molecule has 0 fully saturated rings. The third-order valence-electron chi connectivity index (χ3n) is 4.02. The van der Waals surface area contributed by atoms with Gasteiger partial charge in [0.05, 0.1) is 0 Å². The van der Waals surface area contributed by atoms with Gasteiger partial charge in [-0.1, -0.05) is 72.3 Å². The normalized spacial score (nSPS) is 11.2. The number of aliphatic carboxylic acids is 1. The lowest BCUT2D eigenvalue weighted by Gasteiger charge is -2.15. The molecule has 0 saturated heterocycles. The molecule has 0 bridgehead atoms. The highest BCUT2D eigenvalue weighted by Gasteiger charge is 2.13. The van der Waals surface area contributed by atoms with Crippen molar-refractivity contribution < 1.29 is 14.6 Å². The minimum Gasteiger partial charge on any atom is -0.488 e. The number of hydrogen-bond donors (Lipinski definition) is 1. The molecule has 0 heterocycles.